The van der Waals surface area contributed by atoms with Crippen LogP contribution in [0.25, 0.3) is 0 Å². The Balaban J connectivity index is 1.36. The molecule has 0 aromatic heterocycles. The van der Waals surface area contributed by atoms with E-state index in [9.17, 15) is 44.1 Å². The molecule has 16 heteroatoms. The van der Waals surface area contributed by atoms with Crippen molar-refractivity contribution in [3.8, 4) is 0 Å². The molecule has 6 rings (SSSR count). The van der Waals surface area contributed by atoms with Crippen LogP contribution in [-0.2, 0) is 35.7 Å². The summed E-state index contributed by atoms with van der Waals surface area (Å²) in [6.07, 6.45) is 0.379. The molecule has 64 heavy (non-hydrogen) atoms. The zero-order valence-corrected chi connectivity index (χ0v) is 37.5. The molecule has 3 aliphatic rings. The quantitative estimate of drug-likeness (QED) is 0.105. The van der Waals surface area contributed by atoms with Gasteiger partial charge in [0.15, 0.2) is 0 Å². The van der Waals surface area contributed by atoms with Gasteiger partial charge in [-0.1, -0.05) is 102 Å². The number of aliphatic hydroxyl groups is 1. The fraction of sp³-hybridized carbons (Fsp3) is 0.500. The topological polar surface area (TPSA) is 249 Å². The Morgan fingerprint density at radius 3 is 1.34 bits per heavy atom. The summed E-state index contributed by atoms with van der Waals surface area (Å²) in [5.74, 6) is -3.17. The third kappa shape index (κ3) is 8.59. The van der Waals surface area contributed by atoms with Crippen LogP contribution in [-0.4, -0.2) is 92.7 Å². The zero-order chi connectivity index (χ0) is 46.9. The lowest BCUT2D eigenvalue weighted by molar-refractivity contribution is -0.146. The second-order valence-electron chi connectivity index (χ2n) is 18.8. The summed E-state index contributed by atoms with van der Waals surface area (Å²) in [5, 5.41) is 33.8. The maximum Gasteiger partial charge on any atom is 0.405 e. The fourth-order valence-electron chi connectivity index (χ4n) is 10.2. The van der Waals surface area contributed by atoms with Crippen LogP contribution in [0.5, 0.6) is 0 Å². The summed E-state index contributed by atoms with van der Waals surface area (Å²) >= 11 is 0. The summed E-state index contributed by atoms with van der Waals surface area (Å²) in [6.45, 7) is 11.3. The van der Waals surface area contributed by atoms with E-state index in [1.165, 1.54) is 9.80 Å². The molecule has 3 aromatic carbocycles. The lowest BCUT2D eigenvalue weighted by Crippen LogP contribution is -2.59. The van der Waals surface area contributed by atoms with E-state index < -0.39 is 64.4 Å². The predicted octanol–water partition coefficient (Wildman–Crippen LogP) is 5.23. The minimum absolute atomic E-state index is 0.0337. The van der Waals surface area contributed by atoms with Crippen LogP contribution < -0.4 is 27.0 Å². The Kier molecular flexibility index (Phi) is 13.7. The highest BCUT2D eigenvalue weighted by molar-refractivity contribution is 5.96. The molecule has 0 saturated carbocycles. The average Bonchev–Trinajstić information content (AvgIpc) is 4.03. The molecule has 9 N–H and O–H groups in total. The number of rotatable bonds is 15. The number of primary amides is 2. The fourth-order valence-corrected chi connectivity index (χ4v) is 10.2. The van der Waals surface area contributed by atoms with Gasteiger partial charge in [0.05, 0.1) is 18.7 Å². The van der Waals surface area contributed by atoms with Crippen molar-refractivity contribution in [2.45, 2.75) is 121 Å². The standard InChI is InChI=1S/C48H63N7O9/c1-28(2)38(51-44(61)62)40(57)53-25-7-23-47(53,42(49)59)33-13-9-30(10-14-33)36-21-22-37(55(36)35-19-17-32(18-20-35)46(5,6)27-56)31-11-15-34(16-12-31)48(43(50)60)24-8-26-54(48)41(58)39(29(3)4)52-45(63)64/h9-20,28-29,36-39,51-52,56H,7-8,21-27H2,1-6H3,(H2,49,59)(H2,50,60)(H,61,62)(H,63,64)/t36-,37-,38-,39-,47-,48-/m0/s1. The minimum atomic E-state index is -1.47. The Bertz CT molecular complexity index is 2100. The lowest BCUT2D eigenvalue weighted by Gasteiger charge is -2.39. The highest BCUT2D eigenvalue weighted by atomic mass is 16.4. The van der Waals surface area contributed by atoms with E-state index in [2.05, 4.69) is 15.5 Å². The number of carbonyl (C=O) groups is 6. The third-order valence-electron chi connectivity index (χ3n) is 13.8. The molecule has 0 spiro atoms. The SMILES string of the molecule is CC(C)[C@H](NC(=O)O)C(=O)N1CCC[C@@]1(C(N)=O)c1ccc([C@@H]2CC[C@@H](c3ccc([C@]4(C(N)=O)CCCN4C(=O)[C@@H](NC(=O)O)C(C)C)cc3)N2c2ccc(C(C)(C)CO)cc2)cc1. The largest absolute Gasteiger partial charge is 0.465 e. The molecule has 6 atom stereocenters. The van der Waals surface area contributed by atoms with Crippen LogP contribution in [0.1, 0.15) is 120 Å². The first-order valence-electron chi connectivity index (χ1n) is 22.1. The lowest BCUT2D eigenvalue weighted by atomic mass is 9.84. The van der Waals surface area contributed by atoms with E-state index in [-0.39, 0.29) is 56.5 Å². The molecule has 16 nitrogen and oxygen atoms in total. The number of anilines is 1. The maximum absolute atomic E-state index is 14.0. The van der Waals surface area contributed by atoms with Crippen molar-refractivity contribution in [3.63, 3.8) is 0 Å². The van der Waals surface area contributed by atoms with Crippen LogP contribution in [0, 0.1) is 11.8 Å². The van der Waals surface area contributed by atoms with Gasteiger partial charge in [0.2, 0.25) is 23.6 Å². The summed E-state index contributed by atoms with van der Waals surface area (Å²) in [7, 11) is 0. The Morgan fingerprint density at radius 2 is 1.03 bits per heavy atom. The first kappa shape index (κ1) is 47.3. The van der Waals surface area contributed by atoms with Gasteiger partial charge in [-0.05, 0) is 90.3 Å². The number of aliphatic hydroxyl groups excluding tert-OH is 1. The van der Waals surface area contributed by atoms with Crippen molar-refractivity contribution in [2.24, 2.45) is 23.3 Å². The van der Waals surface area contributed by atoms with Gasteiger partial charge in [0.1, 0.15) is 23.2 Å². The summed E-state index contributed by atoms with van der Waals surface area (Å²) in [4.78, 5) is 83.3. The maximum atomic E-state index is 14.0. The van der Waals surface area contributed by atoms with Crippen molar-refractivity contribution in [1.29, 1.82) is 0 Å². The van der Waals surface area contributed by atoms with E-state index in [0.29, 0.717) is 24.0 Å². The molecule has 0 unspecified atom stereocenters. The van der Waals surface area contributed by atoms with Crippen molar-refractivity contribution in [3.05, 3.63) is 101 Å². The predicted molar refractivity (Wildman–Crippen MR) is 240 cm³/mol. The molecule has 3 aromatic rings. The molecule has 344 valence electrons. The van der Waals surface area contributed by atoms with E-state index in [1.54, 1.807) is 27.7 Å². The van der Waals surface area contributed by atoms with Crippen molar-refractivity contribution in [1.82, 2.24) is 20.4 Å². The Morgan fingerprint density at radius 1 is 0.656 bits per heavy atom. The second kappa shape index (κ2) is 18.5. The van der Waals surface area contributed by atoms with Crippen molar-refractivity contribution < 1.29 is 44.1 Å². The molecular formula is C48H63N7O9. The number of carbonyl (C=O) groups excluding carboxylic acids is 4. The van der Waals surface area contributed by atoms with Gasteiger partial charge < -0.3 is 52.1 Å². The van der Waals surface area contributed by atoms with Crippen LogP contribution >= 0.6 is 0 Å². The smallest absolute Gasteiger partial charge is 0.405 e. The molecule has 3 heterocycles. The van der Waals surface area contributed by atoms with Gasteiger partial charge in [-0.15, -0.1) is 0 Å². The van der Waals surface area contributed by atoms with E-state index in [4.69, 9.17) is 11.5 Å². The molecule has 6 amide bonds. The summed E-state index contributed by atoms with van der Waals surface area (Å²) in [5.41, 5.74) is 13.8. The van der Waals surface area contributed by atoms with E-state index in [0.717, 1.165) is 35.2 Å². The first-order chi connectivity index (χ1) is 30.2. The number of carboxylic acid groups (broad SMARTS) is 2. The molecule has 0 aliphatic carbocycles. The number of nitrogens with one attached hydrogen (secondary N) is 2. The summed E-state index contributed by atoms with van der Waals surface area (Å²) < 4.78 is 0. The number of likely N-dealkylation sites (tertiary alicyclic amines) is 2. The van der Waals surface area contributed by atoms with Crippen LogP contribution in [0.4, 0.5) is 15.3 Å². The van der Waals surface area contributed by atoms with E-state index in [1.807, 2.05) is 86.6 Å². The van der Waals surface area contributed by atoms with Gasteiger partial charge in [-0.3, -0.25) is 19.2 Å². The van der Waals surface area contributed by atoms with Crippen molar-refractivity contribution >= 4 is 41.5 Å². The summed E-state index contributed by atoms with van der Waals surface area (Å²) in [6, 6.07) is 20.8. The molecule has 0 bridgehead atoms. The molecular weight excluding hydrogens is 819 g/mol. The van der Waals surface area contributed by atoms with Gasteiger partial charge >= 0.3 is 12.2 Å². The van der Waals surface area contributed by atoms with Gasteiger partial charge in [0.25, 0.3) is 0 Å². The van der Waals surface area contributed by atoms with Crippen LogP contribution in [0.2, 0.25) is 0 Å². The number of hydrogen-bond acceptors (Lipinski definition) is 8. The Labute approximate surface area is 374 Å². The minimum Gasteiger partial charge on any atom is -0.465 e. The Hall–Kier alpha value is -6.16. The van der Waals surface area contributed by atoms with Crippen molar-refractivity contribution in [2.75, 3.05) is 24.6 Å². The molecule has 3 fully saturated rings. The third-order valence-corrected chi connectivity index (χ3v) is 13.8. The average molecular weight is 882 g/mol. The molecule has 3 aliphatic heterocycles. The number of nitrogens with two attached hydrogens (primary N) is 2. The first-order valence-corrected chi connectivity index (χ1v) is 22.1. The zero-order valence-electron chi connectivity index (χ0n) is 37.5. The normalized spacial score (nSPS) is 23.3. The highest BCUT2D eigenvalue weighted by Crippen LogP contribution is 2.49. The number of nitrogens with zero attached hydrogens (tertiary/aromatic N) is 3. The highest BCUT2D eigenvalue weighted by Gasteiger charge is 2.53. The van der Waals surface area contributed by atoms with Gasteiger partial charge in [0, 0.05) is 24.2 Å². The monoisotopic (exact) mass is 881 g/mol. The van der Waals surface area contributed by atoms with Gasteiger partial charge in [-0.2, -0.15) is 0 Å². The van der Waals surface area contributed by atoms with Crippen LogP contribution in [0.15, 0.2) is 72.8 Å². The van der Waals surface area contributed by atoms with E-state index >= 15 is 0 Å². The molecule has 3 saturated heterocycles. The van der Waals surface area contributed by atoms with Crippen LogP contribution in [0.3, 0.4) is 0 Å². The number of benzene rings is 3. The second-order valence-corrected chi connectivity index (χ2v) is 18.8. The van der Waals surface area contributed by atoms with Gasteiger partial charge in [-0.25, -0.2) is 9.59 Å². The number of amides is 6. The number of hydrogen-bond donors (Lipinski definition) is 7. The molecule has 0 radical (unpaired) electrons.